The van der Waals surface area contributed by atoms with Crippen LogP contribution in [0.2, 0.25) is 0 Å². The molecule has 1 saturated carbocycles. The fourth-order valence-corrected chi connectivity index (χ4v) is 5.18. The summed E-state index contributed by atoms with van der Waals surface area (Å²) >= 11 is 0. The average Bonchev–Trinajstić information content (AvgIpc) is 3.12. The van der Waals surface area contributed by atoms with Crippen LogP contribution in [-0.4, -0.2) is 23.8 Å². The third-order valence-corrected chi connectivity index (χ3v) is 6.94. The SMILES string of the molecule is Cc1ccc(CCNC(=O)c2oc3ccc4c(c3c2C)C(=O)CC2(CCCCC2)O4)cc1. The number of rotatable bonds is 4. The van der Waals surface area contributed by atoms with Gasteiger partial charge >= 0.3 is 0 Å². The molecule has 5 heteroatoms. The summed E-state index contributed by atoms with van der Waals surface area (Å²) in [5, 5.41) is 3.66. The zero-order valence-corrected chi connectivity index (χ0v) is 18.8. The van der Waals surface area contributed by atoms with E-state index in [0.717, 1.165) is 32.1 Å². The van der Waals surface area contributed by atoms with Gasteiger partial charge in [0.25, 0.3) is 5.91 Å². The maximum absolute atomic E-state index is 13.2. The van der Waals surface area contributed by atoms with Crippen molar-refractivity contribution in [2.45, 2.75) is 64.4 Å². The molecule has 1 amide bonds. The first-order valence-electron chi connectivity index (χ1n) is 11.6. The lowest BCUT2D eigenvalue weighted by atomic mass is 9.78. The van der Waals surface area contributed by atoms with Crippen LogP contribution >= 0.6 is 0 Å². The number of fused-ring (bicyclic) bond motifs is 3. The molecule has 1 aliphatic carbocycles. The number of benzene rings is 2. The van der Waals surface area contributed by atoms with E-state index in [2.05, 4.69) is 36.5 Å². The molecule has 0 unspecified atom stereocenters. The number of Topliss-reactive ketones (excluding diaryl/α,β-unsaturated/α-hetero) is 1. The molecule has 3 aromatic rings. The first kappa shape index (κ1) is 20.8. The van der Waals surface area contributed by atoms with E-state index in [1.54, 1.807) is 0 Å². The Labute approximate surface area is 188 Å². The van der Waals surface area contributed by atoms with Crippen molar-refractivity contribution in [1.29, 1.82) is 0 Å². The molecule has 2 heterocycles. The lowest BCUT2D eigenvalue weighted by molar-refractivity contribution is 0.0139. The molecule has 2 aliphatic rings. The van der Waals surface area contributed by atoms with E-state index in [1.807, 2.05) is 19.1 Å². The second-order valence-electron chi connectivity index (χ2n) is 9.31. The van der Waals surface area contributed by atoms with Crippen LogP contribution in [0.4, 0.5) is 0 Å². The van der Waals surface area contributed by atoms with Crippen molar-refractivity contribution in [2.75, 3.05) is 6.54 Å². The maximum Gasteiger partial charge on any atom is 0.287 e. The van der Waals surface area contributed by atoms with E-state index < -0.39 is 0 Å². The van der Waals surface area contributed by atoms with Gasteiger partial charge in [0.05, 0.1) is 12.0 Å². The smallest absolute Gasteiger partial charge is 0.287 e. The number of hydrogen-bond acceptors (Lipinski definition) is 4. The van der Waals surface area contributed by atoms with Crippen LogP contribution in [0, 0.1) is 13.8 Å². The molecule has 1 fully saturated rings. The molecule has 166 valence electrons. The number of aryl methyl sites for hydroxylation is 2. The predicted molar refractivity (Wildman–Crippen MR) is 124 cm³/mol. The number of furan rings is 1. The third kappa shape index (κ3) is 3.70. The Hall–Kier alpha value is -3.08. The summed E-state index contributed by atoms with van der Waals surface area (Å²) < 4.78 is 12.3. The fraction of sp³-hybridized carbons (Fsp3) is 0.407. The van der Waals surface area contributed by atoms with E-state index in [0.29, 0.717) is 40.8 Å². The molecule has 0 bridgehead atoms. The van der Waals surface area contributed by atoms with Gasteiger partial charge in [-0.05, 0) is 63.6 Å². The van der Waals surface area contributed by atoms with Crippen LogP contribution < -0.4 is 10.1 Å². The Morgan fingerprint density at radius 1 is 1.03 bits per heavy atom. The Bertz CT molecular complexity index is 1180. The summed E-state index contributed by atoms with van der Waals surface area (Å²) in [7, 11) is 0. The summed E-state index contributed by atoms with van der Waals surface area (Å²) in [5.74, 6) is 0.732. The first-order valence-corrected chi connectivity index (χ1v) is 11.6. The van der Waals surface area contributed by atoms with Crippen LogP contribution in [0.25, 0.3) is 11.0 Å². The summed E-state index contributed by atoms with van der Waals surface area (Å²) in [6.07, 6.45) is 6.40. The molecule has 1 N–H and O–H groups in total. The van der Waals surface area contributed by atoms with Crippen molar-refractivity contribution in [3.63, 3.8) is 0 Å². The summed E-state index contributed by atoms with van der Waals surface area (Å²) in [4.78, 5) is 26.1. The molecule has 1 aromatic heterocycles. The molecular weight excluding hydrogens is 402 g/mol. The van der Waals surface area contributed by atoms with Crippen LogP contribution in [0.1, 0.15) is 76.1 Å². The van der Waals surface area contributed by atoms with Gasteiger partial charge in [-0.25, -0.2) is 0 Å². The van der Waals surface area contributed by atoms with E-state index in [4.69, 9.17) is 9.15 Å². The molecule has 1 spiro atoms. The lowest BCUT2D eigenvalue weighted by Gasteiger charge is -2.40. The van der Waals surface area contributed by atoms with Crippen LogP contribution in [0.5, 0.6) is 5.75 Å². The first-order chi connectivity index (χ1) is 15.5. The van der Waals surface area contributed by atoms with Gasteiger partial charge in [-0.2, -0.15) is 0 Å². The quantitative estimate of drug-likeness (QED) is 0.576. The topological polar surface area (TPSA) is 68.5 Å². The highest BCUT2D eigenvalue weighted by molar-refractivity contribution is 6.13. The van der Waals surface area contributed by atoms with Crippen molar-refractivity contribution >= 4 is 22.7 Å². The fourth-order valence-electron chi connectivity index (χ4n) is 5.18. The van der Waals surface area contributed by atoms with Gasteiger partial charge in [0.2, 0.25) is 0 Å². The summed E-state index contributed by atoms with van der Waals surface area (Å²) in [6.45, 7) is 4.42. The van der Waals surface area contributed by atoms with Gasteiger partial charge in [0.1, 0.15) is 16.9 Å². The largest absolute Gasteiger partial charge is 0.486 e. The monoisotopic (exact) mass is 431 g/mol. The lowest BCUT2D eigenvalue weighted by Crippen LogP contribution is -2.43. The minimum atomic E-state index is -0.357. The highest BCUT2D eigenvalue weighted by atomic mass is 16.5. The Morgan fingerprint density at radius 2 is 1.78 bits per heavy atom. The summed E-state index contributed by atoms with van der Waals surface area (Å²) in [5.41, 5.74) is 3.85. The van der Waals surface area contributed by atoms with E-state index in [9.17, 15) is 9.59 Å². The number of ether oxygens (including phenoxy) is 1. The average molecular weight is 432 g/mol. The number of hydrogen-bond donors (Lipinski definition) is 1. The van der Waals surface area contributed by atoms with E-state index in [1.165, 1.54) is 17.5 Å². The van der Waals surface area contributed by atoms with Crippen molar-refractivity contribution in [3.8, 4) is 5.75 Å². The second kappa shape index (κ2) is 8.12. The molecule has 0 atom stereocenters. The molecule has 1 aliphatic heterocycles. The molecule has 32 heavy (non-hydrogen) atoms. The van der Waals surface area contributed by atoms with E-state index in [-0.39, 0.29) is 23.1 Å². The molecule has 0 saturated heterocycles. The number of carbonyl (C=O) groups excluding carboxylic acids is 2. The van der Waals surface area contributed by atoms with Crippen molar-refractivity contribution in [3.05, 3.63) is 64.4 Å². The third-order valence-electron chi connectivity index (χ3n) is 6.94. The minimum Gasteiger partial charge on any atom is -0.486 e. The highest BCUT2D eigenvalue weighted by Gasteiger charge is 2.42. The number of carbonyl (C=O) groups is 2. The second-order valence-corrected chi connectivity index (χ2v) is 9.31. The minimum absolute atomic E-state index is 0.0916. The standard InChI is InChI=1S/C27H29NO4/c1-17-6-8-19(9-7-17)12-15-28-26(30)25-18(2)23-21(31-25)10-11-22-24(23)20(29)16-27(32-22)13-4-3-5-14-27/h6-11H,3-5,12-16H2,1-2H3,(H,28,30). The van der Waals surface area contributed by atoms with Crippen LogP contribution in [0.15, 0.2) is 40.8 Å². The van der Waals surface area contributed by atoms with Gasteiger partial charge in [-0.1, -0.05) is 36.2 Å². The number of ketones is 1. The van der Waals surface area contributed by atoms with Crippen LogP contribution in [-0.2, 0) is 6.42 Å². The van der Waals surface area contributed by atoms with Gasteiger partial charge in [0.15, 0.2) is 11.5 Å². The van der Waals surface area contributed by atoms with Gasteiger partial charge < -0.3 is 14.5 Å². The van der Waals surface area contributed by atoms with Gasteiger partial charge in [0, 0.05) is 17.5 Å². The molecule has 5 rings (SSSR count). The molecular formula is C27H29NO4. The molecule has 2 aromatic carbocycles. The highest BCUT2D eigenvalue weighted by Crippen LogP contribution is 2.45. The zero-order chi connectivity index (χ0) is 22.3. The zero-order valence-electron chi connectivity index (χ0n) is 18.8. The Balaban J connectivity index is 1.38. The van der Waals surface area contributed by atoms with E-state index >= 15 is 0 Å². The predicted octanol–water partition coefficient (Wildman–Crippen LogP) is 5.69. The van der Waals surface area contributed by atoms with Crippen molar-refractivity contribution < 1.29 is 18.7 Å². The maximum atomic E-state index is 13.2. The van der Waals surface area contributed by atoms with Crippen LogP contribution in [0.3, 0.4) is 0 Å². The molecule has 0 radical (unpaired) electrons. The number of nitrogens with one attached hydrogen (secondary N) is 1. The number of amides is 1. The molecule has 5 nitrogen and oxygen atoms in total. The van der Waals surface area contributed by atoms with Gasteiger partial charge in [-0.15, -0.1) is 0 Å². The Morgan fingerprint density at radius 3 is 2.53 bits per heavy atom. The van der Waals surface area contributed by atoms with Crippen molar-refractivity contribution in [1.82, 2.24) is 5.32 Å². The Kier molecular flexibility index (Phi) is 5.28. The van der Waals surface area contributed by atoms with Gasteiger partial charge in [-0.3, -0.25) is 9.59 Å². The van der Waals surface area contributed by atoms with Crippen molar-refractivity contribution in [2.24, 2.45) is 0 Å². The summed E-state index contributed by atoms with van der Waals surface area (Å²) in [6, 6.07) is 11.9. The normalized spacial score (nSPS) is 17.2.